The molecule has 1 aromatic carbocycles. The van der Waals surface area contributed by atoms with Gasteiger partial charge in [-0.05, 0) is 18.9 Å². The molecule has 0 atom stereocenters. The van der Waals surface area contributed by atoms with Crippen molar-refractivity contribution in [1.82, 2.24) is 0 Å². The summed E-state index contributed by atoms with van der Waals surface area (Å²) in [6.45, 7) is 0. The molecule has 0 saturated heterocycles. The van der Waals surface area contributed by atoms with Crippen LogP contribution in [0.15, 0.2) is 16.6 Å². The molecule has 2 N–H and O–H groups in total. The number of aliphatic hydroxyl groups excluding tert-OH is 1. The standard InChI is InChI=1S/C15H14F3NO5S/c1-23-13-10(17)7(5-8(16)11(13)18)12(20)9(15(21)22)14(24-25-2)19-6-3-4-6/h5-6,20H,3-4H2,1-2H3,(H,21,22)/b12-9?,19-14-. The second-order valence-corrected chi connectivity index (χ2v) is 5.51. The average molecular weight is 377 g/mol. The zero-order valence-corrected chi connectivity index (χ0v) is 14.0. The van der Waals surface area contributed by atoms with E-state index in [-0.39, 0.29) is 6.04 Å². The number of aliphatic hydroxyl groups is 1. The predicted molar refractivity (Wildman–Crippen MR) is 85.1 cm³/mol. The Morgan fingerprint density at radius 2 is 1.92 bits per heavy atom. The summed E-state index contributed by atoms with van der Waals surface area (Å²) < 4.78 is 50.9. The van der Waals surface area contributed by atoms with Crippen LogP contribution in [0.3, 0.4) is 0 Å². The fourth-order valence-corrected chi connectivity index (χ4v) is 2.22. The Hall–Kier alpha value is -2.36. The van der Waals surface area contributed by atoms with E-state index in [1.165, 1.54) is 6.26 Å². The van der Waals surface area contributed by atoms with Crippen molar-refractivity contribution in [3.05, 3.63) is 34.7 Å². The third-order valence-electron chi connectivity index (χ3n) is 3.25. The first-order chi connectivity index (χ1) is 11.8. The van der Waals surface area contributed by atoms with Gasteiger partial charge >= 0.3 is 5.97 Å². The quantitative estimate of drug-likeness (QED) is 0.197. The second-order valence-electron chi connectivity index (χ2n) is 5.01. The van der Waals surface area contributed by atoms with Crippen LogP contribution in [-0.4, -0.2) is 41.5 Å². The number of carboxylic acid groups (broad SMARTS) is 1. The van der Waals surface area contributed by atoms with Crippen LogP contribution in [0.1, 0.15) is 18.4 Å². The van der Waals surface area contributed by atoms with Gasteiger partial charge in [0.15, 0.2) is 23.0 Å². The number of rotatable bonds is 6. The van der Waals surface area contributed by atoms with Crippen LogP contribution in [0.5, 0.6) is 5.75 Å². The average Bonchev–Trinajstić information content (AvgIpc) is 3.35. The molecule has 0 radical (unpaired) electrons. The maximum atomic E-state index is 14.3. The lowest BCUT2D eigenvalue weighted by atomic mass is 10.1. The topological polar surface area (TPSA) is 88.4 Å². The SMILES string of the molecule is COc1c(F)c(F)cc(C(O)=C(C(=O)O)/C(=N/C2CC2)OSC)c1F. The van der Waals surface area contributed by atoms with E-state index in [0.29, 0.717) is 18.9 Å². The Kier molecular flexibility index (Phi) is 5.83. The largest absolute Gasteiger partial charge is 0.506 e. The van der Waals surface area contributed by atoms with Crippen molar-refractivity contribution in [2.75, 3.05) is 13.4 Å². The Labute approximate surface area is 145 Å². The van der Waals surface area contributed by atoms with Crippen molar-refractivity contribution in [2.45, 2.75) is 18.9 Å². The van der Waals surface area contributed by atoms with E-state index in [2.05, 4.69) is 9.73 Å². The number of halogens is 3. The molecular weight excluding hydrogens is 363 g/mol. The third-order valence-corrected chi connectivity index (χ3v) is 3.57. The summed E-state index contributed by atoms with van der Waals surface area (Å²) in [5.74, 6) is -8.92. The highest BCUT2D eigenvalue weighted by atomic mass is 32.2. The summed E-state index contributed by atoms with van der Waals surface area (Å²) in [6, 6.07) is 0.160. The summed E-state index contributed by atoms with van der Waals surface area (Å²) in [5.41, 5.74) is -1.76. The highest BCUT2D eigenvalue weighted by Crippen LogP contribution is 2.32. The fraction of sp³-hybridized carbons (Fsp3) is 0.333. The van der Waals surface area contributed by atoms with Crippen molar-refractivity contribution in [3.8, 4) is 5.75 Å². The zero-order chi connectivity index (χ0) is 18.7. The van der Waals surface area contributed by atoms with E-state index in [9.17, 15) is 28.2 Å². The van der Waals surface area contributed by atoms with Gasteiger partial charge in [0.05, 0.1) is 30.8 Å². The number of aliphatic carboxylic acids is 1. The first-order valence-corrected chi connectivity index (χ1v) is 8.14. The van der Waals surface area contributed by atoms with Crippen LogP contribution < -0.4 is 4.74 Å². The molecule has 25 heavy (non-hydrogen) atoms. The Balaban J connectivity index is 2.68. The lowest BCUT2D eigenvalue weighted by molar-refractivity contribution is -0.132. The molecule has 6 nitrogen and oxygen atoms in total. The number of carboxylic acids is 1. The monoisotopic (exact) mass is 377 g/mol. The van der Waals surface area contributed by atoms with Gasteiger partial charge in [-0.15, -0.1) is 0 Å². The smallest absolute Gasteiger partial charge is 0.345 e. The van der Waals surface area contributed by atoms with Crippen molar-refractivity contribution in [1.29, 1.82) is 0 Å². The van der Waals surface area contributed by atoms with Crippen molar-refractivity contribution in [2.24, 2.45) is 4.99 Å². The third kappa shape index (κ3) is 4.01. The van der Waals surface area contributed by atoms with Gasteiger partial charge in [0.1, 0.15) is 5.76 Å². The Bertz CT molecular complexity index is 762. The summed E-state index contributed by atoms with van der Waals surface area (Å²) >= 11 is 0.763. The normalized spacial score (nSPS) is 15.6. The van der Waals surface area contributed by atoms with E-state index in [1.807, 2.05) is 0 Å². The van der Waals surface area contributed by atoms with Gasteiger partial charge in [0.2, 0.25) is 11.7 Å². The first kappa shape index (κ1) is 19.0. The predicted octanol–water partition coefficient (Wildman–Crippen LogP) is 3.32. The minimum Gasteiger partial charge on any atom is -0.506 e. The lowest BCUT2D eigenvalue weighted by Gasteiger charge is -2.12. The molecule has 1 aliphatic carbocycles. The number of hydrogen-bond donors (Lipinski definition) is 2. The second kappa shape index (κ2) is 7.68. The van der Waals surface area contributed by atoms with Crippen molar-refractivity contribution < 1.29 is 37.1 Å². The van der Waals surface area contributed by atoms with E-state index in [0.717, 1.165) is 19.2 Å². The van der Waals surface area contributed by atoms with Crippen LogP contribution in [0.4, 0.5) is 13.2 Å². The summed E-state index contributed by atoms with van der Waals surface area (Å²) in [5, 5.41) is 19.6. The van der Waals surface area contributed by atoms with Gasteiger partial charge in [0, 0.05) is 6.26 Å². The molecule has 1 aliphatic rings. The number of aliphatic imine (C=N–C) groups is 1. The van der Waals surface area contributed by atoms with Gasteiger partial charge in [-0.2, -0.15) is 4.39 Å². The highest BCUT2D eigenvalue weighted by Gasteiger charge is 2.31. The number of ether oxygens (including phenoxy) is 1. The molecule has 0 bridgehead atoms. The molecule has 0 heterocycles. The maximum absolute atomic E-state index is 14.3. The van der Waals surface area contributed by atoms with Gasteiger partial charge in [-0.25, -0.2) is 18.6 Å². The van der Waals surface area contributed by atoms with E-state index < -0.39 is 52.0 Å². The Morgan fingerprint density at radius 3 is 2.40 bits per heavy atom. The molecule has 0 amide bonds. The molecule has 1 saturated carbocycles. The molecular formula is C15H14F3NO5S. The molecule has 1 aromatic rings. The number of methoxy groups -OCH3 is 1. The maximum Gasteiger partial charge on any atom is 0.345 e. The molecule has 0 spiro atoms. The van der Waals surface area contributed by atoms with E-state index in [4.69, 9.17) is 4.18 Å². The molecule has 0 aliphatic heterocycles. The highest BCUT2D eigenvalue weighted by molar-refractivity contribution is 7.94. The van der Waals surface area contributed by atoms with Crippen LogP contribution >= 0.6 is 12.0 Å². The van der Waals surface area contributed by atoms with Gasteiger partial charge < -0.3 is 19.1 Å². The van der Waals surface area contributed by atoms with Gasteiger partial charge in [-0.1, -0.05) is 0 Å². The van der Waals surface area contributed by atoms with E-state index in [1.54, 1.807) is 0 Å². The molecule has 0 unspecified atom stereocenters. The molecule has 1 fully saturated rings. The number of nitrogens with zero attached hydrogens (tertiary/aromatic N) is 1. The van der Waals surface area contributed by atoms with Crippen LogP contribution in [0.2, 0.25) is 0 Å². The molecule has 0 aromatic heterocycles. The summed E-state index contributed by atoms with van der Waals surface area (Å²) in [6.07, 6.45) is 2.91. The lowest BCUT2D eigenvalue weighted by Crippen LogP contribution is -2.17. The molecule has 136 valence electrons. The van der Waals surface area contributed by atoms with Crippen LogP contribution in [-0.2, 0) is 8.98 Å². The number of hydrogen-bond acceptors (Lipinski definition) is 6. The number of carbonyl (C=O) groups is 1. The minimum absolute atomic E-state index is 0.173. The van der Waals surface area contributed by atoms with Crippen LogP contribution in [0.25, 0.3) is 5.76 Å². The van der Waals surface area contributed by atoms with Crippen LogP contribution in [0, 0.1) is 17.5 Å². The first-order valence-electron chi connectivity index (χ1n) is 6.99. The minimum atomic E-state index is -1.67. The Morgan fingerprint density at radius 1 is 1.28 bits per heavy atom. The van der Waals surface area contributed by atoms with Crippen molar-refractivity contribution >= 4 is 29.7 Å². The van der Waals surface area contributed by atoms with Gasteiger partial charge in [-0.3, -0.25) is 0 Å². The van der Waals surface area contributed by atoms with E-state index >= 15 is 0 Å². The van der Waals surface area contributed by atoms with Crippen molar-refractivity contribution in [3.63, 3.8) is 0 Å². The summed E-state index contributed by atoms with van der Waals surface area (Å²) in [4.78, 5) is 15.6. The zero-order valence-electron chi connectivity index (χ0n) is 13.2. The van der Waals surface area contributed by atoms with Gasteiger partial charge in [0.25, 0.3) is 0 Å². The molecule has 10 heteroatoms. The fourth-order valence-electron chi connectivity index (χ4n) is 1.94. The number of benzene rings is 1. The molecule has 2 rings (SSSR count). The summed E-state index contributed by atoms with van der Waals surface area (Å²) in [7, 11) is 0.903.